The van der Waals surface area contributed by atoms with Gasteiger partial charge in [-0.25, -0.2) is 4.39 Å². The number of rotatable bonds is 2. The molecule has 0 bridgehead atoms. The number of hydrogen-bond acceptors (Lipinski definition) is 1. The van der Waals surface area contributed by atoms with Crippen molar-refractivity contribution in [1.82, 2.24) is 0 Å². The van der Waals surface area contributed by atoms with Gasteiger partial charge in [-0.05, 0) is 22.7 Å². The summed E-state index contributed by atoms with van der Waals surface area (Å²) in [5, 5.41) is 4.17. The van der Waals surface area contributed by atoms with E-state index in [-0.39, 0.29) is 11.7 Å². The van der Waals surface area contributed by atoms with Gasteiger partial charge in [-0.2, -0.15) is 0 Å². The minimum atomic E-state index is -0.138. The number of halogens is 1. The van der Waals surface area contributed by atoms with E-state index in [0.717, 1.165) is 17.8 Å². The molecule has 1 heterocycles. The molecule has 0 unspecified atom stereocenters. The molecule has 1 aliphatic heterocycles. The van der Waals surface area contributed by atoms with Crippen LogP contribution in [0.15, 0.2) is 35.6 Å². The second-order valence-corrected chi connectivity index (χ2v) is 3.94. The van der Waals surface area contributed by atoms with Gasteiger partial charge in [0.1, 0.15) is 5.82 Å². The van der Waals surface area contributed by atoms with Gasteiger partial charge in [0.25, 0.3) is 0 Å². The minimum absolute atomic E-state index is 0.138. The molecular formula is C14H20FN2+. The lowest BCUT2D eigenvalue weighted by molar-refractivity contribution is -0.492. The largest absolute Gasteiger partial charge is 0.232 e. The van der Waals surface area contributed by atoms with E-state index in [2.05, 4.69) is 5.11 Å². The van der Waals surface area contributed by atoms with Crippen molar-refractivity contribution < 1.29 is 9.09 Å². The number of hydrogen-bond donors (Lipinski definition) is 0. The third-order valence-corrected chi connectivity index (χ3v) is 2.49. The number of benzene rings is 1. The average Bonchev–Trinajstić information content (AvgIpc) is 2.85. The van der Waals surface area contributed by atoms with Crippen molar-refractivity contribution in [2.45, 2.75) is 33.6 Å². The van der Waals surface area contributed by atoms with Gasteiger partial charge in [0, 0.05) is 18.2 Å². The molecule has 1 aromatic carbocycles. The Kier molecular flexibility index (Phi) is 5.01. The number of nitrogens with zero attached hydrogens (tertiary/aromatic N) is 2. The molecule has 0 aromatic heterocycles. The second kappa shape index (κ2) is 6.28. The van der Waals surface area contributed by atoms with E-state index in [1.165, 1.54) is 6.07 Å². The van der Waals surface area contributed by atoms with Gasteiger partial charge in [-0.1, -0.05) is 32.4 Å². The summed E-state index contributed by atoms with van der Waals surface area (Å²) in [5.41, 5.74) is 1.69. The van der Waals surface area contributed by atoms with Crippen molar-refractivity contribution in [2.75, 3.05) is 6.54 Å². The molecule has 0 atom stereocenters. The molecule has 0 amide bonds. The predicted molar refractivity (Wildman–Crippen MR) is 68.2 cm³/mol. The van der Waals surface area contributed by atoms with Crippen molar-refractivity contribution >= 4 is 5.69 Å². The maximum absolute atomic E-state index is 13.4. The molecule has 1 aromatic rings. The van der Waals surface area contributed by atoms with Crippen LogP contribution in [0.3, 0.4) is 0 Å². The summed E-state index contributed by atoms with van der Waals surface area (Å²) in [7, 11) is 0. The fourth-order valence-corrected chi connectivity index (χ4v) is 1.63. The van der Waals surface area contributed by atoms with Crippen molar-refractivity contribution in [3.63, 3.8) is 0 Å². The molecule has 0 radical (unpaired) electrons. The third-order valence-electron chi connectivity index (χ3n) is 2.49. The summed E-state index contributed by atoms with van der Waals surface area (Å²) in [6.45, 7) is 8.74. The van der Waals surface area contributed by atoms with E-state index in [1.54, 1.807) is 12.3 Å². The van der Waals surface area contributed by atoms with E-state index in [0.29, 0.717) is 0 Å². The Morgan fingerprint density at radius 3 is 2.53 bits per heavy atom. The van der Waals surface area contributed by atoms with Crippen LogP contribution in [-0.4, -0.2) is 11.2 Å². The van der Waals surface area contributed by atoms with E-state index in [9.17, 15) is 4.39 Å². The lowest BCUT2D eigenvalue weighted by Gasteiger charge is -2.06. The Balaban J connectivity index is 0.000000686. The van der Waals surface area contributed by atoms with Gasteiger partial charge in [0.15, 0.2) is 6.54 Å². The van der Waals surface area contributed by atoms with Crippen molar-refractivity contribution in [1.29, 1.82) is 0 Å². The summed E-state index contributed by atoms with van der Waals surface area (Å²) in [6, 6.07) is 5.15. The molecule has 0 fully saturated rings. The van der Waals surface area contributed by atoms with Crippen LogP contribution in [0.2, 0.25) is 0 Å². The zero-order valence-corrected chi connectivity index (χ0v) is 10.9. The van der Waals surface area contributed by atoms with Crippen molar-refractivity contribution in [3.05, 3.63) is 41.9 Å². The summed E-state index contributed by atoms with van der Waals surface area (Å²) < 4.78 is 15.3. The molecule has 0 saturated heterocycles. The van der Waals surface area contributed by atoms with Crippen LogP contribution in [0.4, 0.5) is 10.1 Å². The molecule has 3 heteroatoms. The maximum Gasteiger partial charge on any atom is 0.232 e. The fourth-order valence-electron chi connectivity index (χ4n) is 1.63. The molecule has 92 valence electrons. The number of azo groups is 2. The monoisotopic (exact) mass is 235 g/mol. The molecule has 1 aliphatic rings. The Morgan fingerprint density at radius 2 is 2.00 bits per heavy atom. The Hall–Kier alpha value is -1.51. The molecule has 17 heavy (non-hydrogen) atoms. The minimum Gasteiger partial charge on any atom is -0.207 e. The highest BCUT2D eigenvalue weighted by Gasteiger charge is 2.16. The molecule has 0 spiro atoms. The average molecular weight is 235 g/mol. The van der Waals surface area contributed by atoms with Crippen LogP contribution in [-0.2, 0) is 0 Å². The normalized spacial score (nSPS) is 13.4. The summed E-state index contributed by atoms with van der Waals surface area (Å²) in [6.07, 6.45) is 3.73. The summed E-state index contributed by atoms with van der Waals surface area (Å²) in [5.74, 6) is 0.0569. The summed E-state index contributed by atoms with van der Waals surface area (Å²) >= 11 is 0. The first-order valence-corrected chi connectivity index (χ1v) is 6.11. The molecule has 0 N–H and O–H groups in total. The van der Waals surface area contributed by atoms with Crippen LogP contribution in [0, 0.1) is 5.82 Å². The van der Waals surface area contributed by atoms with Crippen molar-refractivity contribution in [2.24, 2.45) is 5.11 Å². The van der Waals surface area contributed by atoms with Gasteiger partial charge in [0.2, 0.25) is 5.69 Å². The third kappa shape index (κ3) is 3.22. The van der Waals surface area contributed by atoms with Crippen LogP contribution in [0.1, 0.15) is 39.2 Å². The highest BCUT2D eigenvalue weighted by Crippen LogP contribution is 2.24. The zero-order valence-electron chi connectivity index (χ0n) is 10.9. The van der Waals surface area contributed by atoms with E-state index >= 15 is 0 Å². The van der Waals surface area contributed by atoms with Crippen molar-refractivity contribution in [3.8, 4) is 0 Å². The van der Waals surface area contributed by atoms with Crippen LogP contribution in [0.5, 0.6) is 0 Å². The highest BCUT2D eigenvalue weighted by atomic mass is 19.1. The van der Waals surface area contributed by atoms with E-state index in [4.69, 9.17) is 0 Å². The first-order valence-electron chi connectivity index (χ1n) is 6.11. The Labute approximate surface area is 102 Å². The maximum atomic E-state index is 13.4. The standard InChI is InChI=1S/C12H14FN2.C2H6/c1-9(2)11-8-10(4-5-12(11)13)15-7-3-6-14-15;1-2/h3-6,8-9H,7H2,1-2H3;1-2H3/q+1;. The van der Waals surface area contributed by atoms with E-state index in [1.807, 2.05) is 44.5 Å². The zero-order chi connectivity index (χ0) is 12.8. The SMILES string of the molecule is CC.CC(C)c1cc([N+]2=NC=CC2)ccc1F. The van der Waals surface area contributed by atoms with Gasteiger partial charge in [-0.15, -0.1) is 0 Å². The first-order chi connectivity index (χ1) is 8.18. The smallest absolute Gasteiger partial charge is 0.207 e. The van der Waals surface area contributed by atoms with Gasteiger partial charge in [0.05, 0.1) is 6.20 Å². The second-order valence-electron chi connectivity index (χ2n) is 3.94. The molecule has 0 aliphatic carbocycles. The fraction of sp³-hybridized carbons (Fsp3) is 0.429. The van der Waals surface area contributed by atoms with Gasteiger partial charge < -0.3 is 0 Å². The van der Waals surface area contributed by atoms with Crippen LogP contribution >= 0.6 is 0 Å². The van der Waals surface area contributed by atoms with E-state index < -0.39 is 0 Å². The summed E-state index contributed by atoms with van der Waals surface area (Å²) in [4.78, 5) is 0. The molecule has 2 nitrogen and oxygen atoms in total. The topological polar surface area (TPSA) is 15.4 Å². The Morgan fingerprint density at radius 1 is 1.29 bits per heavy atom. The van der Waals surface area contributed by atoms with Gasteiger partial charge in [-0.3, -0.25) is 0 Å². The molecular weight excluding hydrogens is 215 g/mol. The van der Waals surface area contributed by atoms with Gasteiger partial charge >= 0.3 is 0 Å². The quantitative estimate of drug-likeness (QED) is 0.666. The first kappa shape index (κ1) is 13.6. The Bertz CT molecular complexity index is 434. The predicted octanol–water partition coefficient (Wildman–Crippen LogP) is 4.60. The van der Waals surface area contributed by atoms with Crippen LogP contribution < -0.4 is 0 Å². The molecule has 2 rings (SSSR count). The highest BCUT2D eigenvalue weighted by molar-refractivity contribution is 5.36. The molecule has 0 saturated carbocycles. The lowest BCUT2D eigenvalue weighted by Crippen LogP contribution is -2.01. The lowest BCUT2D eigenvalue weighted by atomic mass is 10.0. The van der Waals surface area contributed by atoms with Crippen LogP contribution in [0.25, 0.3) is 0 Å².